The van der Waals surface area contributed by atoms with Crippen LogP contribution in [-0.4, -0.2) is 40.4 Å². The maximum Gasteiger partial charge on any atom is 0.387 e. The largest absolute Gasteiger partial charge is 0.619 e. The number of halogens is 4. The van der Waals surface area contributed by atoms with Gasteiger partial charge in [-0.1, -0.05) is 41.4 Å². The topological polar surface area (TPSA) is 118 Å². The van der Waals surface area contributed by atoms with Gasteiger partial charge in [0.2, 0.25) is 10.0 Å². The quantitative estimate of drug-likeness (QED) is 0.0945. The van der Waals surface area contributed by atoms with Gasteiger partial charge in [0.05, 0.1) is 12.4 Å². The zero-order valence-corrected chi connectivity index (χ0v) is 25.9. The van der Waals surface area contributed by atoms with E-state index in [2.05, 4.69) is 9.46 Å². The molecule has 9 nitrogen and oxygen atoms in total. The van der Waals surface area contributed by atoms with E-state index in [9.17, 15) is 27.2 Å². The number of hydrogen-bond donors (Lipinski definition) is 1. The number of esters is 1. The molecule has 3 aromatic rings. The average molecular weight is 678 g/mol. The number of thioether (sulfide) groups is 1. The van der Waals surface area contributed by atoms with Crippen LogP contribution in [0.4, 0.5) is 8.78 Å². The molecule has 15 heteroatoms. The van der Waals surface area contributed by atoms with Gasteiger partial charge in [0.1, 0.15) is 22.7 Å². The van der Waals surface area contributed by atoms with Gasteiger partial charge in [-0.25, -0.2) is 13.1 Å². The molecule has 232 valence electrons. The lowest BCUT2D eigenvalue weighted by Gasteiger charge is -2.21. The SMILES string of the molecule is CSc1ccc(CS(=O)(=O)NCC(=O)O[C@@H](Cc2c(Cl)c[n+]([O-])cc2Cl)c2ccc(OC(F)F)c(OCC3CC3)c2)cc1. The molecule has 0 aliphatic heterocycles. The van der Waals surface area contributed by atoms with Crippen LogP contribution in [0.2, 0.25) is 10.0 Å². The Bertz CT molecular complexity index is 1520. The van der Waals surface area contributed by atoms with Crippen LogP contribution < -0.4 is 18.9 Å². The molecule has 1 atom stereocenters. The second-order valence-electron chi connectivity index (χ2n) is 9.74. The van der Waals surface area contributed by atoms with Crippen molar-refractivity contribution < 1.29 is 40.9 Å². The summed E-state index contributed by atoms with van der Waals surface area (Å²) in [6.07, 6.45) is 4.70. The van der Waals surface area contributed by atoms with Crippen LogP contribution in [0.5, 0.6) is 11.5 Å². The molecule has 4 rings (SSSR count). The number of alkyl halides is 2. The number of nitrogens with zero attached hydrogens (tertiary/aromatic N) is 1. The predicted molar refractivity (Wildman–Crippen MR) is 158 cm³/mol. The van der Waals surface area contributed by atoms with E-state index < -0.39 is 35.3 Å². The summed E-state index contributed by atoms with van der Waals surface area (Å²) in [4.78, 5) is 13.9. The number of nitrogens with one attached hydrogen (secondary N) is 1. The van der Waals surface area contributed by atoms with Crippen LogP contribution in [0.3, 0.4) is 0 Å². The van der Waals surface area contributed by atoms with Crippen molar-refractivity contribution in [2.45, 2.75) is 42.6 Å². The molecule has 2 aromatic carbocycles. The molecule has 1 aliphatic rings. The first-order chi connectivity index (χ1) is 20.4. The third-order valence-electron chi connectivity index (χ3n) is 6.40. The maximum absolute atomic E-state index is 13.0. The lowest BCUT2D eigenvalue weighted by atomic mass is 10.0. The van der Waals surface area contributed by atoms with Crippen molar-refractivity contribution in [3.8, 4) is 11.5 Å². The van der Waals surface area contributed by atoms with Gasteiger partial charge in [0.15, 0.2) is 23.9 Å². The Balaban J connectivity index is 1.54. The van der Waals surface area contributed by atoms with Crippen LogP contribution in [-0.2, 0) is 31.7 Å². The number of rotatable bonds is 15. The molecule has 0 spiro atoms. The summed E-state index contributed by atoms with van der Waals surface area (Å²) in [6, 6.07) is 11.0. The molecule has 43 heavy (non-hydrogen) atoms. The zero-order valence-electron chi connectivity index (χ0n) is 22.8. The molecule has 1 aromatic heterocycles. The second-order valence-corrected chi connectivity index (χ2v) is 13.2. The normalized spacial score (nSPS) is 14.0. The van der Waals surface area contributed by atoms with Gasteiger partial charge in [0.25, 0.3) is 0 Å². The lowest BCUT2D eigenvalue weighted by Crippen LogP contribution is -2.32. The summed E-state index contributed by atoms with van der Waals surface area (Å²) in [5, 5.41) is 11.7. The van der Waals surface area contributed by atoms with E-state index in [1.54, 1.807) is 24.3 Å². The van der Waals surface area contributed by atoms with Crippen molar-refractivity contribution in [2.24, 2.45) is 5.92 Å². The van der Waals surface area contributed by atoms with Gasteiger partial charge in [-0.15, -0.1) is 11.8 Å². The highest BCUT2D eigenvalue weighted by atomic mass is 35.5. The summed E-state index contributed by atoms with van der Waals surface area (Å²) in [5.74, 6) is -1.17. The van der Waals surface area contributed by atoms with Gasteiger partial charge < -0.3 is 19.4 Å². The van der Waals surface area contributed by atoms with E-state index >= 15 is 0 Å². The number of ether oxygens (including phenoxy) is 3. The Morgan fingerprint density at radius 2 is 1.79 bits per heavy atom. The highest BCUT2D eigenvalue weighted by Crippen LogP contribution is 2.37. The number of hydrogen-bond acceptors (Lipinski definition) is 8. The molecular formula is C28H28Cl2F2N2O7S2. The minimum absolute atomic E-state index is 0.000367. The highest BCUT2D eigenvalue weighted by molar-refractivity contribution is 7.98. The van der Waals surface area contributed by atoms with E-state index in [-0.39, 0.29) is 45.9 Å². The Morgan fingerprint density at radius 3 is 2.40 bits per heavy atom. The Labute approximate surface area is 262 Å². The molecule has 0 saturated heterocycles. The first-order valence-corrected chi connectivity index (χ1v) is 16.6. The van der Waals surface area contributed by atoms with Crippen molar-refractivity contribution in [1.29, 1.82) is 0 Å². The summed E-state index contributed by atoms with van der Waals surface area (Å²) in [6.45, 7) is -3.49. The zero-order chi connectivity index (χ0) is 31.1. The number of carbonyl (C=O) groups is 1. The van der Waals surface area contributed by atoms with E-state index in [1.165, 1.54) is 30.0 Å². The molecule has 1 aliphatic carbocycles. The van der Waals surface area contributed by atoms with Crippen LogP contribution in [0.25, 0.3) is 0 Å². The Kier molecular flexibility index (Phi) is 11.3. The predicted octanol–water partition coefficient (Wildman–Crippen LogP) is 5.69. The number of carbonyl (C=O) groups excluding carboxylic acids is 1. The second kappa shape index (κ2) is 14.8. The summed E-state index contributed by atoms with van der Waals surface area (Å²) < 4.78 is 70.0. The van der Waals surface area contributed by atoms with E-state index in [4.69, 9.17) is 32.7 Å². The molecule has 0 unspecified atom stereocenters. The molecule has 1 N–H and O–H groups in total. The van der Waals surface area contributed by atoms with Crippen LogP contribution >= 0.6 is 35.0 Å². The highest BCUT2D eigenvalue weighted by Gasteiger charge is 2.27. The standard InChI is InChI=1S/C28H28Cl2F2N2O7S2/c1-42-20-7-4-18(5-8-20)16-43(37,38)33-12-27(35)40-25(11-21-22(29)13-34(36)14-23(21)30)19-6-9-24(41-28(31)32)26(10-19)39-15-17-2-3-17/h4-10,13-14,17,25,28,33H,2-3,11-12,15-16H2,1H3/t25-/m0/s1. The Morgan fingerprint density at radius 1 is 1.12 bits per heavy atom. The first-order valence-electron chi connectivity index (χ1n) is 13.0. The summed E-state index contributed by atoms with van der Waals surface area (Å²) >= 11 is 14.0. The molecule has 1 fully saturated rings. The number of aromatic nitrogens is 1. The number of benzene rings is 2. The monoisotopic (exact) mass is 676 g/mol. The minimum atomic E-state index is -3.91. The smallest absolute Gasteiger partial charge is 0.387 e. The fraction of sp³-hybridized carbons (Fsp3) is 0.357. The fourth-order valence-electron chi connectivity index (χ4n) is 4.02. The van der Waals surface area contributed by atoms with E-state index in [0.717, 1.165) is 30.1 Å². The Hall–Kier alpha value is -2.84. The molecule has 0 bridgehead atoms. The maximum atomic E-state index is 13.0. The van der Waals surface area contributed by atoms with Gasteiger partial charge in [-0.2, -0.15) is 13.5 Å². The summed E-state index contributed by atoms with van der Waals surface area (Å²) in [5.41, 5.74) is 1.12. The third-order valence-corrected chi connectivity index (χ3v) is 9.09. The minimum Gasteiger partial charge on any atom is -0.619 e. The van der Waals surface area contributed by atoms with Crippen LogP contribution in [0, 0.1) is 11.1 Å². The van der Waals surface area contributed by atoms with Crippen LogP contribution in [0.15, 0.2) is 59.8 Å². The number of sulfonamides is 1. The van der Waals surface area contributed by atoms with E-state index in [1.807, 2.05) is 6.26 Å². The molecular weight excluding hydrogens is 649 g/mol. The number of pyridine rings is 1. The third kappa shape index (κ3) is 10.1. The fourth-order valence-corrected chi connectivity index (χ4v) is 6.10. The summed E-state index contributed by atoms with van der Waals surface area (Å²) in [7, 11) is -3.91. The lowest BCUT2D eigenvalue weighted by molar-refractivity contribution is -0.605. The van der Waals surface area contributed by atoms with Crippen molar-refractivity contribution in [2.75, 3.05) is 19.4 Å². The van der Waals surface area contributed by atoms with Crippen molar-refractivity contribution in [3.63, 3.8) is 0 Å². The van der Waals surface area contributed by atoms with Crippen molar-refractivity contribution in [3.05, 3.63) is 86.8 Å². The average Bonchev–Trinajstić information content (AvgIpc) is 3.77. The molecule has 0 amide bonds. The van der Waals surface area contributed by atoms with Gasteiger partial charge >= 0.3 is 12.6 Å². The molecule has 0 radical (unpaired) electrons. The molecule has 1 heterocycles. The van der Waals surface area contributed by atoms with E-state index in [0.29, 0.717) is 21.8 Å². The van der Waals surface area contributed by atoms with Crippen LogP contribution in [0.1, 0.15) is 35.6 Å². The first kappa shape index (κ1) is 33.1. The van der Waals surface area contributed by atoms with Crippen molar-refractivity contribution >= 4 is 51.0 Å². The van der Waals surface area contributed by atoms with Gasteiger partial charge in [-0.3, -0.25) is 4.79 Å². The van der Waals surface area contributed by atoms with Gasteiger partial charge in [0, 0.05) is 16.9 Å². The van der Waals surface area contributed by atoms with Crippen molar-refractivity contribution in [1.82, 2.24) is 4.72 Å². The van der Waals surface area contributed by atoms with Gasteiger partial charge in [-0.05, 0) is 60.4 Å². The molecule has 1 saturated carbocycles.